The second-order valence-electron chi connectivity index (χ2n) is 6.42. The van der Waals surface area contributed by atoms with E-state index in [1.165, 1.54) is 11.3 Å². The fourth-order valence-corrected chi connectivity index (χ4v) is 3.69. The number of hydrogen-bond donors (Lipinski definition) is 2. The van der Waals surface area contributed by atoms with E-state index in [9.17, 15) is 19.2 Å². The molecule has 1 saturated carbocycles. The number of carbonyl (C=O) groups excluding carboxylic acids is 4. The van der Waals surface area contributed by atoms with Crippen LogP contribution in [0, 0.1) is 5.92 Å². The van der Waals surface area contributed by atoms with Gasteiger partial charge in [-0.1, -0.05) is 13.0 Å². The predicted molar refractivity (Wildman–Crippen MR) is 88.5 cm³/mol. The molecule has 4 amide bonds. The number of thiophene rings is 1. The van der Waals surface area contributed by atoms with Crippen molar-refractivity contribution >= 4 is 35.2 Å². The summed E-state index contributed by atoms with van der Waals surface area (Å²) in [6.07, 6.45) is 2.79. The van der Waals surface area contributed by atoms with Crippen molar-refractivity contribution in [2.24, 2.45) is 5.92 Å². The standard InChI is InChI=1S/C16H19N3O5S/c1-10-4-6-16(7-5-10)14(22)19(15(23)17-16)18-12(20)9-24-13(21)11-3-2-8-25-11/h2-3,8,10H,4-7,9H2,1H3,(H,17,23)(H,18,20). The van der Waals surface area contributed by atoms with Crippen LogP contribution >= 0.6 is 11.3 Å². The van der Waals surface area contributed by atoms with E-state index in [0.29, 0.717) is 28.6 Å². The molecule has 2 aliphatic rings. The molecule has 1 aromatic heterocycles. The van der Waals surface area contributed by atoms with Gasteiger partial charge in [-0.2, -0.15) is 5.01 Å². The van der Waals surface area contributed by atoms with Crippen molar-refractivity contribution in [3.8, 4) is 0 Å². The van der Waals surface area contributed by atoms with Crippen molar-refractivity contribution in [3.05, 3.63) is 22.4 Å². The van der Waals surface area contributed by atoms with Gasteiger partial charge < -0.3 is 10.1 Å². The van der Waals surface area contributed by atoms with Crippen LogP contribution in [-0.4, -0.2) is 41.0 Å². The predicted octanol–water partition coefficient (Wildman–Crippen LogP) is 1.44. The lowest BCUT2D eigenvalue weighted by molar-refractivity contribution is -0.141. The highest BCUT2D eigenvalue weighted by molar-refractivity contribution is 7.11. The molecule has 9 heteroatoms. The summed E-state index contributed by atoms with van der Waals surface area (Å²) >= 11 is 1.20. The highest BCUT2D eigenvalue weighted by Gasteiger charge is 2.52. The zero-order chi connectivity index (χ0) is 18.0. The Labute approximate surface area is 148 Å². The molecule has 0 unspecified atom stereocenters. The van der Waals surface area contributed by atoms with E-state index in [1.54, 1.807) is 17.5 Å². The number of nitrogens with one attached hydrogen (secondary N) is 2. The average molecular weight is 365 g/mol. The normalized spacial score (nSPS) is 25.8. The van der Waals surface area contributed by atoms with Gasteiger partial charge in [-0.3, -0.25) is 15.0 Å². The van der Waals surface area contributed by atoms with Crippen LogP contribution in [0.3, 0.4) is 0 Å². The minimum absolute atomic E-state index is 0.373. The Kier molecular flexibility index (Phi) is 4.76. The van der Waals surface area contributed by atoms with E-state index in [-0.39, 0.29) is 0 Å². The summed E-state index contributed by atoms with van der Waals surface area (Å²) in [5, 5.41) is 5.11. The molecule has 25 heavy (non-hydrogen) atoms. The lowest BCUT2D eigenvalue weighted by Crippen LogP contribution is -2.52. The van der Waals surface area contributed by atoms with Crippen LogP contribution in [0.15, 0.2) is 17.5 Å². The zero-order valence-corrected chi connectivity index (χ0v) is 14.6. The lowest BCUT2D eigenvalue weighted by atomic mass is 9.77. The molecular formula is C16H19N3O5S. The number of urea groups is 1. The fraction of sp³-hybridized carbons (Fsp3) is 0.500. The van der Waals surface area contributed by atoms with Gasteiger partial charge in [0.1, 0.15) is 10.4 Å². The third kappa shape index (κ3) is 3.51. The Balaban J connectivity index is 1.55. The molecule has 2 N–H and O–H groups in total. The summed E-state index contributed by atoms with van der Waals surface area (Å²) in [5.74, 6) is -1.31. The van der Waals surface area contributed by atoms with Gasteiger partial charge in [-0.05, 0) is 43.0 Å². The third-order valence-electron chi connectivity index (χ3n) is 4.58. The Morgan fingerprint density at radius 1 is 1.40 bits per heavy atom. The smallest absolute Gasteiger partial charge is 0.348 e. The molecular weight excluding hydrogens is 346 g/mol. The summed E-state index contributed by atoms with van der Waals surface area (Å²) in [7, 11) is 0. The van der Waals surface area contributed by atoms with Crippen molar-refractivity contribution in [2.45, 2.75) is 38.1 Å². The van der Waals surface area contributed by atoms with Crippen LogP contribution in [0.1, 0.15) is 42.3 Å². The van der Waals surface area contributed by atoms with E-state index in [1.807, 2.05) is 0 Å². The highest BCUT2D eigenvalue weighted by atomic mass is 32.1. The van der Waals surface area contributed by atoms with Gasteiger partial charge in [0, 0.05) is 0 Å². The molecule has 3 rings (SSSR count). The molecule has 1 aliphatic carbocycles. The molecule has 2 heterocycles. The second-order valence-corrected chi connectivity index (χ2v) is 7.37. The van der Waals surface area contributed by atoms with E-state index in [4.69, 9.17) is 4.74 Å². The number of nitrogens with zero attached hydrogens (tertiary/aromatic N) is 1. The van der Waals surface area contributed by atoms with Gasteiger partial charge in [0.15, 0.2) is 6.61 Å². The molecule has 1 aliphatic heterocycles. The number of rotatable bonds is 4. The van der Waals surface area contributed by atoms with Crippen molar-refractivity contribution in [2.75, 3.05) is 6.61 Å². The van der Waals surface area contributed by atoms with Gasteiger partial charge in [-0.25, -0.2) is 9.59 Å². The number of hydrazine groups is 1. The van der Waals surface area contributed by atoms with Crippen LogP contribution in [0.5, 0.6) is 0 Å². The quantitative estimate of drug-likeness (QED) is 0.620. The minimum Gasteiger partial charge on any atom is -0.451 e. The maximum Gasteiger partial charge on any atom is 0.348 e. The van der Waals surface area contributed by atoms with Crippen LogP contribution in [0.4, 0.5) is 4.79 Å². The van der Waals surface area contributed by atoms with Gasteiger partial charge in [0.25, 0.3) is 11.8 Å². The number of esters is 1. The molecule has 1 spiro atoms. The number of ether oxygens (including phenoxy) is 1. The average Bonchev–Trinajstić information content (AvgIpc) is 3.20. The minimum atomic E-state index is -0.926. The van der Waals surface area contributed by atoms with Crippen LogP contribution in [0.25, 0.3) is 0 Å². The SMILES string of the molecule is CC1CCC2(CC1)NC(=O)N(NC(=O)COC(=O)c1cccs1)C2=O. The molecule has 0 atom stereocenters. The van der Waals surface area contributed by atoms with Crippen LogP contribution < -0.4 is 10.7 Å². The number of hydrogen-bond acceptors (Lipinski definition) is 6. The number of amides is 4. The first kappa shape index (κ1) is 17.4. The molecule has 2 fully saturated rings. The van der Waals surface area contributed by atoms with E-state index in [2.05, 4.69) is 17.7 Å². The second kappa shape index (κ2) is 6.83. The molecule has 0 radical (unpaired) electrons. The largest absolute Gasteiger partial charge is 0.451 e. The highest BCUT2D eigenvalue weighted by Crippen LogP contribution is 2.35. The maximum absolute atomic E-state index is 12.6. The summed E-state index contributed by atoms with van der Waals surface area (Å²) in [6.45, 7) is 1.54. The van der Waals surface area contributed by atoms with E-state index >= 15 is 0 Å². The van der Waals surface area contributed by atoms with Crippen molar-refractivity contribution in [1.29, 1.82) is 0 Å². The number of imide groups is 1. The topological polar surface area (TPSA) is 105 Å². The molecule has 1 saturated heterocycles. The summed E-state index contributed by atoms with van der Waals surface area (Å²) in [4.78, 5) is 48.7. The van der Waals surface area contributed by atoms with E-state index < -0.39 is 36.0 Å². The monoisotopic (exact) mass is 365 g/mol. The molecule has 0 aromatic carbocycles. The van der Waals surface area contributed by atoms with Crippen molar-refractivity contribution in [1.82, 2.24) is 15.8 Å². The molecule has 134 valence electrons. The number of carbonyl (C=O) groups is 4. The molecule has 0 bridgehead atoms. The third-order valence-corrected chi connectivity index (χ3v) is 5.43. The van der Waals surface area contributed by atoms with Gasteiger partial charge >= 0.3 is 12.0 Å². The van der Waals surface area contributed by atoms with Gasteiger partial charge in [-0.15, -0.1) is 11.3 Å². The first-order valence-electron chi connectivity index (χ1n) is 8.08. The van der Waals surface area contributed by atoms with E-state index in [0.717, 1.165) is 12.8 Å². The van der Waals surface area contributed by atoms with Crippen LogP contribution in [-0.2, 0) is 14.3 Å². The lowest BCUT2D eigenvalue weighted by Gasteiger charge is -2.33. The Hall–Kier alpha value is -2.42. The summed E-state index contributed by atoms with van der Waals surface area (Å²) in [6, 6.07) is 2.62. The van der Waals surface area contributed by atoms with Gasteiger partial charge in [0.2, 0.25) is 0 Å². The fourth-order valence-electron chi connectivity index (χ4n) is 3.07. The first-order chi connectivity index (χ1) is 11.9. The van der Waals surface area contributed by atoms with Crippen molar-refractivity contribution in [3.63, 3.8) is 0 Å². The Morgan fingerprint density at radius 2 is 2.12 bits per heavy atom. The Bertz CT molecular complexity index is 695. The van der Waals surface area contributed by atoms with Gasteiger partial charge in [0.05, 0.1) is 0 Å². The zero-order valence-electron chi connectivity index (χ0n) is 13.7. The van der Waals surface area contributed by atoms with Crippen LogP contribution in [0.2, 0.25) is 0 Å². The first-order valence-corrected chi connectivity index (χ1v) is 8.96. The Morgan fingerprint density at radius 3 is 2.76 bits per heavy atom. The summed E-state index contributed by atoms with van der Waals surface area (Å²) in [5.41, 5.74) is 1.29. The van der Waals surface area contributed by atoms with Crippen molar-refractivity contribution < 1.29 is 23.9 Å². The molecule has 8 nitrogen and oxygen atoms in total. The maximum atomic E-state index is 12.6. The summed E-state index contributed by atoms with van der Waals surface area (Å²) < 4.78 is 4.87. The molecule has 1 aromatic rings.